The lowest BCUT2D eigenvalue weighted by molar-refractivity contribution is -0.144. The van der Waals surface area contributed by atoms with Gasteiger partial charge in [0, 0.05) is 30.6 Å². The molecule has 1 aliphatic carbocycles. The highest BCUT2D eigenvalue weighted by molar-refractivity contribution is 6.30. The summed E-state index contributed by atoms with van der Waals surface area (Å²) < 4.78 is 0. The van der Waals surface area contributed by atoms with Gasteiger partial charge in [-0.05, 0) is 48.9 Å². The molecule has 0 atom stereocenters. The average Bonchev–Trinajstić information content (AvgIpc) is 2.73. The van der Waals surface area contributed by atoms with Crippen molar-refractivity contribution in [1.82, 2.24) is 10.2 Å². The van der Waals surface area contributed by atoms with Crippen LogP contribution in [0.15, 0.2) is 54.6 Å². The number of hydrogen-bond donors (Lipinski definition) is 1. The van der Waals surface area contributed by atoms with Crippen molar-refractivity contribution in [2.24, 2.45) is 5.92 Å². The van der Waals surface area contributed by atoms with E-state index in [1.165, 1.54) is 0 Å². The number of carbonyl (C=O) groups excluding carboxylic acids is 2. The van der Waals surface area contributed by atoms with Crippen molar-refractivity contribution < 1.29 is 9.59 Å². The molecule has 5 heteroatoms. The maximum absolute atomic E-state index is 13.4. The van der Waals surface area contributed by atoms with Crippen molar-refractivity contribution >= 4 is 23.4 Å². The number of nitrogens with zero attached hydrogens (tertiary/aromatic N) is 1. The molecule has 2 aliphatic rings. The van der Waals surface area contributed by atoms with E-state index in [0.29, 0.717) is 24.7 Å². The molecule has 0 unspecified atom stereocenters. The molecule has 0 spiro atoms. The Bertz CT molecular complexity index is 854. The van der Waals surface area contributed by atoms with Crippen LogP contribution < -0.4 is 5.32 Å². The zero-order valence-electron chi connectivity index (χ0n) is 16.6. The van der Waals surface area contributed by atoms with Crippen LogP contribution in [0.5, 0.6) is 0 Å². The normalized spacial score (nSPS) is 18.7. The van der Waals surface area contributed by atoms with Crippen LogP contribution in [0.2, 0.25) is 5.02 Å². The first-order valence-electron chi connectivity index (χ1n) is 10.5. The molecule has 1 heterocycles. The summed E-state index contributed by atoms with van der Waals surface area (Å²) in [4.78, 5) is 27.9. The van der Waals surface area contributed by atoms with Crippen molar-refractivity contribution in [2.45, 2.75) is 44.1 Å². The SMILES string of the molecule is O=C(NCc1ccccc1)C1CCN(C(=O)C2(c3ccc(Cl)cc3)CCC2)CC1. The number of likely N-dealkylation sites (tertiary alicyclic amines) is 1. The van der Waals surface area contributed by atoms with E-state index in [1.807, 2.05) is 59.5 Å². The summed E-state index contributed by atoms with van der Waals surface area (Å²) in [6.07, 6.45) is 4.31. The molecule has 1 saturated carbocycles. The van der Waals surface area contributed by atoms with E-state index < -0.39 is 5.41 Å². The first-order valence-corrected chi connectivity index (χ1v) is 10.8. The standard InChI is InChI=1S/C24H27ClN2O2/c25-21-9-7-20(8-10-21)24(13-4-14-24)23(29)27-15-11-19(12-16-27)22(28)26-17-18-5-2-1-3-6-18/h1-3,5-10,19H,4,11-17H2,(H,26,28). The van der Waals surface area contributed by atoms with Gasteiger partial charge in [-0.1, -0.05) is 60.5 Å². The van der Waals surface area contributed by atoms with Gasteiger partial charge in [-0.25, -0.2) is 0 Å². The van der Waals surface area contributed by atoms with Crippen LogP contribution in [0.4, 0.5) is 0 Å². The summed E-state index contributed by atoms with van der Waals surface area (Å²) >= 11 is 6.03. The fraction of sp³-hybridized carbons (Fsp3) is 0.417. The van der Waals surface area contributed by atoms with Crippen LogP contribution in [0.1, 0.15) is 43.2 Å². The molecule has 2 amide bonds. The van der Waals surface area contributed by atoms with Crippen LogP contribution in [-0.2, 0) is 21.5 Å². The predicted molar refractivity (Wildman–Crippen MR) is 115 cm³/mol. The van der Waals surface area contributed by atoms with E-state index in [1.54, 1.807) is 0 Å². The number of piperidine rings is 1. The second-order valence-corrected chi connectivity index (χ2v) is 8.65. The van der Waals surface area contributed by atoms with Crippen molar-refractivity contribution in [3.05, 3.63) is 70.7 Å². The van der Waals surface area contributed by atoms with Crippen molar-refractivity contribution in [1.29, 1.82) is 0 Å². The van der Waals surface area contributed by atoms with E-state index in [-0.39, 0.29) is 17.7 Å². The predicted octanol–water partition coefficient (Wildman–Crippen LogP) is 4.32. The average molecular weight is 411 g/mol. The molecule has 4 rings (SSSR count). The van der Waals surface area contributed by atoms with Gasteiger partial charge in [-0.2, -0.15) is 0 Å². The number of carbonyl (C=O) groups is 2. The Kier molecular flexibility index (Phi) is 5.91. The molecule has 1 saturated heterocycles. The molecule has 2 aromatic carbocycles. The lowest BCUT2D eigenvalue weighted by atomic mass is 9.63. The smallest absolute Gasteiger partial charge is 0.233 e. The Morgan fingerprint density at radius 3 is 2.24 bits per heavy atom. The van der Waals surface area contributed by atoms with Gasteiger partial charge in [-0.15, -0.1) is 0 Å². The minimum Gasteiger partial charge on any atom is -0.352 e. The van der Waals surface area contributed by atoms with Crippen LogP contribution in [0.25, 0.3) is 0 Å². The summed E-state index contributed by atoms with van der Waals surface area (Å²) in [5.74, 6) is 0.293. The van der Waals surface area contributed by atoms with E-state index in [9.17, 15) is 9.59 Å². The van der Waals surface area contributed by atoms with Crippen LogP contribution in [-0.4, -0.2) is 29.8 Å². The quantitative estimate of drug-likeness (QED) is 0.798. The number of hydrogen-bond acceptors (Lipinski definition) is 2. The Balaban J connectivity index is 1.33. The van der Waals surface area contributed by atoms with Crippen LogP contribution >= 0.6 is 11.6 Å². The molecule has 2 fully saturated rings. The first-order chi connectivity index (χ1) is 14.1. The van der Waals surface area contributed by atoms with Gasteiger partial charge >= 0.3 is 0 Å². The number of amides is 2. The summed E-state index contributed by atoms with van der Waals surface area (Å²) in [5, 5.41) is 3.73. The summed E-state index contributed by atoms with van der Waals surface area (Å²) in [5.41, 5.74) is 1.77. The first kappa shape index (κ1) is 20.0. The lowest BCUT2D eigenvalue weighted by Crippen LogP contribution is -2.53. The summed E-state index contributed by atoms with van der Waals surface area (Å²) in [6.45, 7) is 1.85. The molecular formula is C24H27ClN2O2. The van der Waals surface area contributed by atoms with Crippen molar-refractivity contribution in [3.63, 3.8) is 0 Å². The molecule has 0 aromatic heterocycles. The van der Waals surface area contributed by atoms with E-state index in [4.69, 9.17) is 11.6 Å². The largest absolute Gasteiger partial charge is 0.352 e. The van der Waals surface area contributed by atoms with Gasteiger partial charge in [0.05, 0.1) is 5.41 Å². The van der Waals surface area contributed by atoms with Crippen molar-refractivity contribution in [2.75, 3.05) is 13.1 Å². The van der Waals surface area contributed by atoms with Gasteiger partial charge < -0.3 is 10.2 Å². The molecular weight excluding hydrogens is 384 g/mol. The summed E-state index contributed by atoms with van der Waals surface area (Å²) in [6, 6.07) is 17.7. The van der Waals surface area contributed by atoms with Crippen molar-refractivity contribution in [3.8, 4) is 0 Å². The maximum atomic E-state index is 13.4. The van der Waals surface area contributed by atoms with Crippen LogP contribution in [0.3, 0.4) is 0 Å². The van der Waals surface area contributed by atoms with Gasteiger partial charge in [0.25, 0.3) is 0 Å². The highest BCUT2D eigenvalue weighted by Gasteiger charge is 2.48. The molecule has 1 N–H and O–H groups in total. The molecule has 152 valence electrons. The fourth-order valence-electron chi connectivity index (χ4n) is 4.50. The molecule has 2 aromatic rings. The Morgan fingerprint density at radius 2 is 1.66 bits per heavy atom. The third-order valence-electron chi connectivity index (χ3n) is 6.48. The zero-order valence-corrected chi connectivity index (χ0v) is 17.3. The number of halogens is 1. The second-order valence-electron chi connectivity index (χ2n) is 8.21. The third-order valence-corrected chi connectivity index (χ3v) is 6.73. The Hall–Kier alpha value is -2.33. The minimum atomic E-state index is -0.396. The van der Waals surface area contributed by atoms with E-state index >= 15 is 0 Å². The highest BCUT2D eigenvalue weighted by Crippen LogP contribution is 2.46. The fourth-order valence-corrected chi connectivity index (χ4v) is 4.63. The second kappa shape index (κ2) is 8.58. The van der Waals surface area contributed by atoms with E-state index in [0.717, 1.165) is 43.2 Å². The van der Waals surface area contributed by atoms with Gasteiger partial charge in [0.2, 0.25) is 11.8 Å². The number of benzene rings is 2. The zero-order chi connectivity index (χ0) is 20.3. The number of rotatable bonds is 5. The topological polar surface area (TPSA) is 49.4 Å². The lowest BCUT2D eigenvalue weighted by Gasteiger charge is -2.45. The van der Waals surface area contributed by atoms with Gasteiger partial charge in [0.1, 0.15) is 0 Å². The summed E-state index contributed by atoms with van der Waals surface area (Å²) in [7, 11) is 0. The molecule has 29 heavy (non-hydrogen) atoms. The monoisotopic (exact) mass is 410 g/mol. The molecule has 0 radical (unpaired) electrons. The Morgan fingerprint density at radius 1 is 1.00 bits per heavy atom. The number of nitrogens with one attached hydrogen (secondary N) is 1. The van der Waals surface area contributed by atoms with E-state index in [2.05, 4.69) is 5.32 Å². The van der Waals surface area contributed by atoms with Gasteiger partial charge in [0.15, 0.2) is 0 Å². The third kappa shape index (κ3) is 4.18. The van der Waals surface area contributed by atoms with Crippen LogP contribution in [0, 0.1) is 5.92 Å². The minimum absolute atomic E-state index is 0.0179. The molecule has 0 bridgehead atoms. The molecule has 4 nitrogen and oxygen atoms in total. The molecule has 1 aliphatic heterocycles. The highest BCUT2D eigenvalue weighted by atomic mass is 35.5. The van der Waals surface area contributed by atoms with Gasteiger partial charge in [-0.3, -0.25) is 9.59 Å². The Labute approximate surface area is 177 Å². The maximum Gasteiger partial charge on any atom is 0.233 e.